The fourth-order valence-corrected chi connectivity index (χ4v) is 1.54. The molecule has 76 valence electrons. The number of piperidine rings is 1. The molecule has 0 spiro atoms. The first-order valence-corrected chi connectivity index (χ1v) is 5.22. The maximum absolute atomic E-state index is 5.60. The van der Waals surface area contributed by atoms with E-state index in [1.54, 1.807) is 0 Å². The molecule has 1 rings (SSSR count). The summed E-state index contributed by atoms with van der Waals surface area (Å²) >= 11 is 0. The fraction of sp³-hybridized carbons (Fsp3) is 0.818. The molecule has 1 fully saturated rings. The summed E-state index contributed by atoms with van der Waals surface area (Å²) in [5.41, 5.74) is 1.21. The molecule has 0 atom stereocenters. The summed E-state index contributed by atoms with van der Waals surface area (Å²) in [7, 11) is 0. The normalized spacial score (nSPS) is 18.8. The second-order valence-corrected chi connectivity index (χ2v) is 3.98. The lowest BCUT2D eigenvalue weighted by Gasteiger charge is -2.22. The Bertz CT molecular complexity index is 150. The van der Waals surface area contributed by atoms with E-state index in [9.17, 15) is 0 Å². The van der Waals surface area contributed by atoms with Gasteiger partial charge in [-0.05, 0) is 45.2 Å². The molecule has 0 unspecified atom stereocenters. The lowest BCUT2D eigenvalue weighted by atomic mass is 9.99. The molecule has 0 aliphatic carbocycles. The van der Waals surface area contributed by atoms with Crippen LogP contribution in [0.4, 0.5) is 0 Å². The van der Waals surface area contributed by atoms with Crippen molar-refractivity contribution in [1.29, 1.82) is 0 Å². The molecule has 2 heteroatoms. The molecule has 0 amide bonds. The molecule has 0 aromatic carbocycles. The zero-order valence-electron chi connectivity index (χ0n) is 8.64. The average molecular weight is 183 g/mol. The molecule has 2 nitrogen and oxygen atoms in total. The Balaban J connectivity index is 1.95. The number of ether oxygens (including phenoxy) is 1. The maximum Gasteiger partial charge on any atom is 0.0503 e. The lowest BCUT2D eigenvalue weighted by molar-refractivity contribution is 0.0901. The largest absolute Gasteiger partial charge is 0.381 e. The number of rotatable bonds is 5. The van der Waals surface area contributed by atoms with Crippen LogP contribution in [0.5, 0.6) is 0 Å². The van der Waals surface area contributed by atoms with E-state index in [-0.39, 0.29) is 0 Å². The van der Waals surface area contributed by atoms with Gasteiger partial charge in [-0.1, -0.05) is 5.57 Å². The van der Waals surface area contributed by atoms with E-state index in [0.29, 0.717) is 0 Å². The predicted octanol–water partition coefficient (Wildman–Crippen LogP) is 1.97. The smallest absolute Gasteiger partial charge is 0.0503 e. The molecule has 1 aliphatic heterocycles. The van der Waals surface area contributed by atoms with E-state index < -0.39 is 0 Å². The van der Waals surface area contributed by atoms with Crippen LogP contribution in [0.2, 0.25) is 0 Å². The zero-order valence-corrected chi connectivity index (χ0v) is 8.64. The first-order valence-electron chi connectivity index (χ1n) is 5.22. The van der Waals surface area contributed by atoms with Gasteiger partial charge in [0.05, 0.1) is 6.61 Å². The minimum absolute atomic E-state index is 0.784. The van der Waals surface area contributed by atoms with Gasteiger partial charge in [-0.15, -0.1) is 6.58 Å². The van der Waals surface area contributed by atoms with E-state index in [1.165, 1.54) is 18.4 Å². The Morgan fingerprint density at radius 2 is 2.15 bits per heavy atom. The monoisotopic (exact) mass is 183 g/mol. The van der Waals surface area contributed by atoms with Gasteiger partial charge < -0.3 is 10.1 Å². The molecule has 1 heterocycles. The van der Waals surface area contributed by atoms with Crippen molar-refractivity contribution in [2.75, 3.05) is 26.3 Å². The molecule has 13 heavy (non-hydrogen) atoms. The summed E-state index contributed by atoms with van der Waals surface area (Å²) in [6.07, 6.45) is 3.55. The van der Waals surface area contributed by atoms with E-state index in [0.717, 1.165) is 38.6 Å². The van der Waals surface area contributed by atoms with Gasteiger partial charge in [0.25, 0.3) is 0 Å². The maximum atomic E-state index is 5.60. The second kappa shape index (κ2) is 6.17. The van der Waals surface area contributed by atoms with Crippen LogP contribution >= 0.6 is 0 Å². The van der Waals surface area contributed by atoms with Crippen LogP contribution < -0.4 is 5.32 Å². The SMILES string of the molecule is C=C(C)CCOCC1CCNCC1. The third kappa shape index (κ3) is 5.06. The van der Waals surface area contributed by atoms with Crippen molar-refractivity contribution in [3.05, 3.63) is 12.2 Å². The molecule has 1 saturated heterocycles. The third-order valence-electron chi connectivity index (χ3n) is 2.49. The Hall–Kier alpha value is -0.340. The Morgan fingerprint density at radius 3 is 2.77 bits per heavy atom. The third-order valence-corrected chi connectivity index (χ3v) is 2.49. The molecule has 0 bridgehead atoms. The number of hydrogen-bond acceptors (Lipinski definition) is 2. The van der Waals surface area contributed by atoms with Crippen LogP contribution in [0.3, 0.4) is 0 Å². The van der Waals surface area contributed by atoms with Crippen molar-refractivity contribution in [3.8, 4) is 0 Å². The predicted molar refractivity (Wildman–Crippen MR) is 55.8 cm³/mol. The molecular formula is C11H21NO. The summed E-state index contributed by atoms with van der Waals surface area (Å²) in [4.78, 5) is 0. The van der Waals surface area contributed by atoms with Crippen molar-refractivity contribution in [1.82, 2.24) is 5.32 Å². The van der Waals surface area contributed by atoms with Crippen LogP contribution in [0.15, 0.2) is 12.2 Å². The quantitative estimate of drug-likeness (QED) is 0.520. The topological polar surface area (TPSA) is 21.3 Å². The molecule has 0 saturated carbocycles. The van der Waals surface area contributed by atoms with Gasteiger partial charge in [0.15, 0.2) is 0 Å². The van der Waals surface area contributed by atoms with Crippen molar-refractivity contribution in [2.24, 2.45) is 5.92 Å². The van der Waals surface area contributed by atoms with Gasteiger partial charge in [-0.25, -0.2) is 0 Å². The van der Waals surface area contributed by atoms with Crippen molar-refractivity contribution < 1.29 is 4.74 Å². The first kappa shape index (κ1) is 10.7. The van der Waals surface area contributed by atoms with Crippen LogP contribution in [0.1, 0.15) is 26.2 Å². The molecule has 0 aromatic rings. The summed E-state index contributed by atoms with van der Waals surface area (Å²) in [5, 5.41) is 3.35. The Morgan fingerprint density at radius 1 is 1.46 bits per heavy atom. The van der Waals surface area contributed by atoms with Crippen LogP contribution in [0, 0.1) is 5.92 Å². The summed E-state index contributed by atoms with van der Waals surface area (Å²) in [6, 6.07) is 0. The van der Waals surface area contributed by atoms with Gasteiger partial charge in [0.2, 0.25) is 0 Å². The summed E-state index contributed by atoms with van der Waals surface area (Å²) in [6.45, 7) is 10.0. The highest BCUT2D eigenvalue weighted by Crippen LogP contribution is 2.11. The van der Waals surface area contributed by atoms with Gasteiger partial charge in [0.1, 0.15) is 0 Å². The molecule has 0 aromatic heterocycles. The summed E-state index contributed by atoms with van der Waals surface area (Å²) in [5.74, 6) is 0.784. The minimum atomic E-state index is 0.784. The summed E-state index contributed by atoms with van der Waals surface area (Å²) < 4.78 is 5.60. The molecular weight excluding hydrogens is 162 g/mol. The van der Waals surface area contributed by atoms with Crippen molar-refractivity contribution in [3.63, 3.8) is 0 Å². The highest BCUT2D eigenvalue weighted by molar-refractivity contribution is 4.87. The number of hydrogen-bond donors (Lipinski definition) is 1. The highest BCUT2D eigenvalue weighted by Gasteiger charge is 2.12. The average Bonchev–Trinajstić information content (AvgIpc) is 2.14. The van der Waals surface area contributed by atoms with Crippen molar-refractivity contribution in [2.45, 2.75) is 26.2 Å². The minimum Gasteiger partial charge on any atom is -0.381 e. The van der Waals surface area contributed by atoms with Crippen LogP contribution in [-0.2, 0) is 4.74 Å². The van der Waals surface area contributed by atoms with Gasteiger partial charge in [0, 0.05) is 6.61 Å². The lowest BCUT2D eigenvalue weighted by Crippen LogP contribution is -2.30. The Kier molecular flexibility index (Phi) is 5.09. The Labute approximate surface area is 81.4 Å². The standard InChI is InChI=1S/C11H21NO/c1-10(2)5-8-13-9-11-3-6-12-7-4-11/h11-12H,1,3-9H2,2H3. The first-order chi connectivity index (χ1) is 6.29. The second-order valence-electron chi connectivity index (χ2n) is 3.98. The molecule has 1 N–H and O–H groups in total. The van der Waals surface area contributed by atoms with Gasteiger partial charge >= 0.3 is 0 Å². The van der Waals surface area contributed by atoms with E-state index >= 15 is 0 Å². The van der Waals surface area contributed by atoms with E-state index in [1.807, 2.05) is 6.92 Å². The highest BCUT2D eigenvalue weighted by atomic mass is 16.5. The van der Waals surface area contributed by atoms with Gasteiger partial charge in [-0.3, -0.25) is 0 Å². The van der Waals surface area contributed by atoms with Gasteiger partial charge in [-0.2, -0.15) is 0 Å². The van der Waals surface area contributed by atoms with E-state index in [4.69, 9.17) is 4.74 Å². The van der Waals surface area contributed by atoms with E-state index in [2.05, 4.69) is 11.9 Å². The number of nitrogens with one attached hydrogen (secondary N) is 1. The van der Waals surface area contributed by atoms with Crippen LogP contribution in [0.25, 0.3) is 0 Å². The van der Waals surface area contributed by atoms with Crippen LogP contribution in [-0.4, -0.2) is 26.3 Å². The molecule has 0 radical (unpaired) electrons. The van der Waals surface area contributed by atoms with Crippen molar-refractivity contribution >= 4 is 0 Å². The zero-order chi connectivity index (χ0) is 9.52. The fourth-order valence-electron chi connectivity index (χ4n) is 1.54. The molecule has 1 aliphatic rings.